The highest BCUT2D eigenvalue weighted by Crippen LogP contribution is 2.08. The molecule has 0 saturated carbocycles. The lowest BCUT2D eigenvalue weighted by Crippen LogP contribution is -2.41. The van der Waals surface area contributed by atoms with Gasteiger partial charge in [-0.2, -0.15) is 5.10 Å². The van der Waals surface area contributed by atoms with Crippen molar-refractivity contribution in [2.24, 2.45) is 0 Å². The highest BCUT2D eigenvalue weighted by molar-refractivity contribution is 5.95. The number of carboxylic acids is 1. The molecule has 2 aromatic heterocycles. The van der Waals surface area contributed by atoms with Gasteiger partial charge in [-0.3, -0.25) is 9.78 Å². The number of carboxylic acid groups (broad SMARTS) is 1. The number of aromatic nitrogens is 3. The maximum Gasteiger partial charge on any atom is 0.326 e. The molecule has 0 aliphatic rings. The van der Waals surface area contributed by atoms with Crippen LogP contribution in [0.2, 0.25) is 0 Å². The Morgan fingerprint density at radius 3 is 2.86 bits per heavy atom. The van der Waals surface area contributed by atoms with Crippen LogP contribution in [0.5, 0.6) is 0 Å². The van der Waals surface area contributed by atoms with E-state index in [2.05, 4.69) is 15.4 Å². The zero-order valence-electron chi connectivity index (χ0n) is 12.3. The van der Waals surface area contributed by atoms with Gasteiger partial charge in [-0.25, -0.2) is 9.48 Å². The highest BCUT2D eigenvalue weighted by Gasteiger charge is 2.20. The third-order valence-electron chi connectivity index (χ3n) is 3.19. The van der Waals surface area contributed by atoms with E-state index >= 15 is 0 Å². The molecular formula is C15H18N4O3. The number of nitrogens with zero attached hydrogens (tertiary/aromatic N) is 3. The van der Waals surface area contributed by atoms with Crippen molar-refractivity contribution < 1.29 is 14.7 Å². The van der Waals surface area contributed by atoms with Gasteiger partial charge in [0.1, 0.15) is 11.7 Å². The average molecular weight is 302 g/mol. The molecule has 0 bridgehead atoms. The SMILES string of the molecule is CCCC[C@H](NC(=O)c1cc(-n2cccn2)ccn1)C(=O)O. The molecule has 0 spiro atoms. The molecule has 1 amide bonds. The number of nitrogens with one attached hydrogen (secondary N) is 1. The number of carbonyl (C=O) groups is 2. The van der Waals surface area contributed by atoms with Gasteiger partial charge in [0.05, 0.1) is 5.69 Å². The van der Waals surface area contributed by atoms with Crippen LogP contribution >= 0.6 is 0 Å². The van der Waals surface area contributed by atoms with E-state index in [1.807, 2.05) is 6.92 Å². The van der Waals surface area contributed by atoms with Gasteiger partial charge in [-0.05, 0) is 24.6 Å². The summed E-state index contributed by atoms with van der Waals surface area (Å²) in [6.45, 7) is 1.97. The minimum Gasteiger partial charge on any atom is -0.480 e. The molecule has 0 aliphatic carbocycles. The lowest BCUT2D eigenvalue weighted by Gasteiger charge is -2.14. The van der Waals surface area contributed by atoms with Crippen LogP contribution in [0.1, 0.15) is 36.7 Å². The summed E-state index contributed by atoms with van der Waals surface area (Å²) in [6.07, 6.45) is 6.87. The second-order valence-corrected chi connectivity index (χ2v) is 4.86. The van der Waals surface area contributed by atoms with E-state index < -0.39 is 17.9 Å². The fraction of sp³-hybridized carbons (Fsp3) is 0.333. The van der Waals surface area contributed by atoms with Gasteiger partial charge in [0.2, 0.25) is 0 Å². The van der Waals surface area contributed by atoms with Crippen molar-refractivity contribution in [3.63, 3.8) is 0 Å². The molecule has 0 radical (unpaired) electrons. The molecule has 0 aliphatic heterocycles. The summed E-state index contributed by atoms with van der Waals surface area (Å²) in [5, 5.41) is 15.7. The van der Waals surface area contributed by atoms with E-state index in [9.17, 15) is 9.59 Å². The lowest BCUT2D eigenvalue weighted by atomic mass is 10.1. The Morgan fingerprint density at radius 1 is 1.41 bits per heavy atom. The summed E-state index contributed by atoms with van der Waals surface area (Å²) in [7, 11) is 0. The number of hydrogen-bond acceptors (Lipinski definition) is 4. The Kier molecular flexibility index (Phi) is 5.24. The van der Waals surface area contributed by atoms with Gasteiger partial charge < -0.3 is 10.4 Å². The van der Waals surface area contributed by atoms with Crippen molar-refractivity contribution in [1.29, 1.82) is 0 Å². The summed E-state index contributed by atoms with van der Waals surface area (Å²) in [6, 6.07) is 4.16. The fourth-order valence-electron chi connectivity index (χ4n) is 2.01. The Balaban J connectivity index is 2.12. The first-order chi connectivity index (χ1) is 10.6. The average Bonchev–Trinajstić information content (AvgIpc) is 3.05. The number of carbonyl (C=O) groups excluding carboxylic acids is 1. The summed E-state index contributed by atoms with van der Waals surface area (Å²) >= 11 is 0. The van der Waals surface area contributed by atoms with Crippen molar-refractivity contribution in [3.8, 4) is 5.69 Å². The first-order valence-electron chi connectivity index (χ1n) is 7.11. The molecule has 0 unspecified atom stereocenters. The van der Waals surface area contributed by atoms with Crippen molar-refractivity contribution in [3.05, 3.63) is 42.5 Å². The monoisotopic (exact) mass is 302 g/mol. The standard InChI is InChI=1S/C15H18N4O3/c1-2-3-5-12(15(21)22)18-14(20)13-10-11(6-8-16-13)19-9-4-7-17-19/h4,6-10,12H,2-3,5H2,1H3,(H,18,20)(H,21,22)/t12-/m0/s1. The van der Waals surface area contributed by atoms with Crippen LogP contribution in [0.3, 0.4) is 0 Å². The van der Waals surface area contributed by atoms with Gasteiger partial charge in [0.15, 0.2) is 0 Å². The van der Waals surface area contributed by atoms with Crippen molar-refractivity contribution in [1.82, 2.24) is 20.1 Å². The maximum atomic E-state index is 12.2. The van der Waals surface area contributed by atoms with Crippen LogP contribution in [0, 0.1) is 0 Å². The molecular weight excluding hydrogens is 284 g/mol. The van der Waals surface area contributed by atoms with Gasteiger partial charge in [0, 0.05) is 18.6 Å². The molecule has 0 fully saturated rings. The number of rotatable bonds is 7. The van der Waals surface area contributed by atoms with Crippen LogP contribution < -0.4 is 5.32 Å². The number of pyridine rings is 1. The molecule has 116 valence electrons. The minimum absolute atomic E-state index is 0.163. The summed E-state index contributed by atoms with van der Waals surface area (Å²) < 4.78 is 1.60. The first-order valence-corrected chi connectivity index (χ1v) is 7.11. The lowest BCUT2D eigenvalue weighted by molar-refractivity contribution is -0.139. The summed E-state index contributed by atoms with van der Waals surface area (Å²) in [5.41, 5.74) is 0.848. The normalized spacial score (nSPS) is 11.9. The molecule has 7 nitrogen and oxygen atoms in total. The zero-order chi connectivity index (χ0) is 15.9. The molecule has 2 aromatic rings. The van der Waals surface area contributed by atoms with Gasteiger partial charge >= 0.3 is 5.97 Å². The topological polar surface area (TPSA) is 97.1 Å². The molecule has 7 heteroatoms. The van der Waals surface area contributed by atoms with Crippen LogP contribution in [0.15, 0.2) is 36.8 Å². The number of hydrogen-bond donors (Lipinski definition) is 2. The van der Waals surface area contributed by atoms with E-state index in [1.165, 1.54) is 6.20 Å². The third kappa shape index (κ3) is 3.91. The summed E-state index contributed by atoms with van der Waals surface area (Å²) in [4.78, 5) is 27.4. The number of unbranched alkanes of at least 4 members (excludes halogenated alkanes) is 1. The third-order valence-corrected chi connectivity index (χ3v) is 3.19. The molecule has 2 heterocycles. The van der Waals surface area contributed by atoms with Crippen LogP contribution in [0.25, 0.3) is 5.69 Å². The van der Waals surface area contributed by atoms with Crippen molar-refractivity contribution in [2.75, 3.05) is 0 Å². The Hall–Kier alpha value is -2.70. The second-order valence-electron chi connectivity index (χ2n) is 4.86. The predicted octanol–water partition coefficient (Wildman–Crippen LogP) is 1.64. The van der Waals surface area contributed by atoms with Gasteiger partial charge in [0.25, 0.3) is 5.91 Å². The molecule has 0 aromatic carbocycles. The van der Waals surface area contributed by atoms with Gasteiger partial charge in [-0.1, -0.05) is 19.8 Å². The van der Waals surface area contributed by atoms with Crippen molar-refractivity contribution >= 4 is 11.9 Å². The Bertz CT molecular complexity index is 640. The molecule has 1 atom stereocenters. The van der Waals surface area contributed by atoms with Crippen LogP contribution in [-0.2, 0) is 4.79 Å². The number of amides is 1. The van der Waals surface area contributed by atoms with E-state index in [0.29, 0.717) is 12.1 Å². The minimum atomic E-state index is -1.04. The van der Waals surface area contributed by atoms with E-state index in [4.69, 9.17) is 5.11 Å². The maximum absolute atomic E-state index is 12.2. The largest absolute Gasteiger partial charge is 0.480 e. The Morgan fingerprint density at radius 2 is 2.23 bits per heavy atom. The molecule has 0 saturated heterocycles. The Labute approximate surface area is 128 Å². The van der Waals surface area contributed by atoms with Crippen molar-refractivity contribution in [2.45, 2.75) is 32.2 Å². The quantitative estimate of drug-likeness (QED) is 0.810. The van der Waals surface area contributed by atoms with E-state index in [-0.39, 0.29) is 5.69 Å². The predicted molar refractivity (Wildman–Crippen MR) is 79.8 cm³/mol. The molecule has 22 heavy (non-hydrogen) atoms. The second kappa shape index (κ2) is 7.35. The van der Waals surface area contributed by atoms with Crippen LogP contribution in [0.4, 0.5) is 0 Å². The zero-order valence-corrected chi connectivity index (χ0v) is 12.3. The van der Waals surface area contributed by atoms with Gasteiger partial charge in [-0.15, -0.1) is 0 Å². The first kappa shape index (κ1) is 15.7. The smallest absolute Gasteiger partial charge is 0.326 e. The van der Waals surface area contributed by atoms with Crippen LogP contribution in [-0.4, -0.2) is 37.8 Å². The van der Waals surface area contributed by atoms with E-state index in [0.717, 1.165) is 12.8 Å². The summed E-state index contributed by atoms with van der Waals surface area (Å²) in [5.74, 6) is -1.54. The molecule has 2 N–H and O–H groups in total. The number of aliphatic carboxylic acids is 1. The molecule has 2 rings (SSSR count). The highest BCUT2D eigenvalue weighted by atomic mass is 16.4. The van der Waals surface area contributed by atoms with E-state index in [1.54, 1.807) is 35.3 Å². The fourth-order valence-corrected chi connectivity index (χ4v) is 2.01.